The van der Waals surface area contributed by atoms with E-state index in [4.69, 9.17) is 11.6 Å². The van der Waals surface area contributed by atoms with E-state index in [9.17, 15) is 0 Å². The minimum atomic E-state index is 0.608. The number of alkyl halides is 1. The van der Waals surface area contributed by atoms with Crippen LogP contribution in [-0.4, -0.2) is 25.1 Å². The molecule has 1 nitrogen and oxygen atoms in total. The van der Waals surface area contributed by atoms with Crippen LogP contribution < -0.4 is 0 Å². The Kier molecular flexibility index (Phi) is 11.5. The largest absolute Gasteiger partial charge is 0.325 e. The topological polar surface area (TPSA) is 0 Å². The number of hydrogen-bond donors (Lipinski definition) is 0. The first-order chi connectivity index (χ1) is 11.6. The van der Waals surface area contributed by atoms with Gasteiger partial charge in [0.05, 0.1) is 20.6 Å². The lowest BCUT2D eigenvalue weighted by molar-refractivity contribution is -0.903. The molecule has 0 unspecified atom stereocenters. The average Bonchev–Trinajstić information content (AvgIpc) is 2.57. The van der Waals surface area contributed by atoms with Crippen LogP contribution in [0.2, 0.25) is 0 Å². The monoisotopic (exact) mass is 352 g/mol. The lowest BCUT2D eigenvalue weighted by Crippen LogP contribution is -2.39. The molecule has 0 aliphatic carbocycles. The third kappa shape index (κ3) is 10.4. The minimum absolute atomic E-state index is 0.608. The molecule has 0 spiro atoms. The van der Waals surface area contributed by atoms with Gasteiger partial charge in [0.25, 0.3) is 0 Å². The summed E-state index contributed by atoms with van der Waals surface area (Å²) < 4.78 is 1.08. The number of rotatable bonds is 14. The van der Waals surface area contributed by atoms with Crippen molar-refractivity contribution in [3.8, 4) is 0 Å². The Hall–Kier alpha value is -0.530. The van der Waals surface area contributed by atoms with Crippen molar-refractivity contribution in [3.05, 3.63) is 35.4 Å². The zero-order valence-corrected chi connectivity index (χ0v) is 17.1. The van der Waals surface area contributed by atoms with Gasteiger partial charge in [-0.2, -0.15) is 0 Å². The van der Waals surface area contributed by atoms with Crippen molar-refractivity contribution in [2.75, 3.05) is 20.6 Å². The van der Waals surface area contributed by atoms with Gasteiger partial charge in [-0.15, -0.1) is 11.6 Å². The third-order valence-electron chi connectivity index (χ3n) is 4.90. The van der Waals surface area contributed by atoms with Gasteiger partial charge in [0, 0.05) is 11.4 Å². The zero-order valence-electron chi connectivity index (χ0n) is 16.3. The molecule has 0 saturated heterocycles. The summed E-state index contributed by atoms with van der Waals surface area (Å²) in [6.07, 6.45) is 14.1. The molecule has 0 N–H and O–H groups in total. The van der Waals surface area contributed by atoms with Gasteiger partial charge in [-0.05, 0) is 18.4 Å². The van der Waals surface area contributed by atoms with E-state index in [1.54, 1.807) is 0 Å². The van der Waals surface area contributed by atoms with Crippen LogP contribution in [0.25, 0.3) is 0 Å². The highest BCUT2D eigenvalue weighted by molar-refractivity contribution is 6.17. The Labute approximate surface area is 156 Å². The number of hydrogen-bond acceptors (Lipinski definition) is 0. The van der Waals surface area contributed by atoms with E-state index >= 15 is 0 Å². The third-order valence-corrected chi connectivity index (χ3v) is 5.21. The SMILES string of the molecule is CCCCCCCCCCCC[N+](C)(C)Cc1ccc(CCl)cc1. The molecule has 2 heteroatoms. The fourth-order valence-corrected chi connectivity index (χ4v) is 3.51. The van der Waals surface area contributed by atoms with E-state index in [1.807, 2.05) is 0 Å². The van der Waals surface area contributed by atoms with Gasteiger partial charge in [-0.25, -0.2) is 0 Å². The molecule has 0 aromatic heterocycles. The first kappa shape index (κ1) is 21.5. The summed E-state index contributed by atoms with van der Waals surface area (Å²) in [5, 5.41) is 0. The molecule has 138 valence electrons. The highest BCUT2D eigenvalue weighted by atomic mass is 35.5. The zero-order chi connectivity index (χ0) is 17.7. The van der Waals surface area contributed by atoms with Gasteiger partial charge in [0.2, 0.25) is 0 Å². The smallest absolute Gasteiger partial charge is 0.104 e. The van der Waals surface area contributed by atoms with Crippen LogP contribution in [0.4, 0.5) is 0 Å². The summed E-state index contributed by atoms with van der Waals surface area (Å²) in [7, 11) is 4.70. The normalized spacial score (nSPS) is 11.8. The van der Waals surface area contributed by atoms with Gasteiger partial charge in [-0.1, -0.05) is 82.6 Å². The Morgan fingerprint density at radius 3 is 1.67 bits per heavy atom. The summed E-state index contributed by atoms with van der Waals surface area (Å²) >= 11 is 5.86. The maximum absolute atomic E-state index is 5.86. The van der Waals surface area contributed by atoms with E-state index in [2.05, 4.69) is 45.3 Å². The molecule has 0 bridgehead atoms. The van der Waals surface area contributed by atoms with Gasteiger partial charge in [0.1, 0.15) is 6.54 Å². The molecule has 0 atom stereocenters. The Bertz CT molecular complexity index is 410. The highest BCUT2D eigenvalue weighted by Crippen LogP contribution is 2.15. The van der Waals surface area contributed by atoms with Crippen molar-refractivity contribution >= 4 is 11.6 Å². The van der Waals surface area contributed by atoms with Crippen molar-refractivity contribution in [2.45, 2.75) is 83.6 Å². The lowest BCUT2D eigenvalue weighted by atomic mass is 10.1. The van der Waals surface area contributed by atoms with E-state index in [0.29, 0.717) is 5.88 Å². The maximum atomic E-state index is 5.86. The second kappa shape index (κ2) is 12.8. The fraction of sp³-hybridized carbons (Fsp3) is 0.727. The average molecular weight is 353 g/mol. The Morgan fingerprint density at radius 1 is 0.708 bits per heavy atom. The number of nitrogens with zero attached hydrogens (tertiary/aromatic N) is 1. The van der Waals surface area contributed by atoms with Gasteiger partial charge >= 0.3 is 0 Å². The van der Waals surface area contributed by atoms with E-state index < -0.39 is 0 Å². The van der Waals surface area contributed by atoms with Crippen LogP contribution >= 0.6 is 11.6 Å². The number of quaternary nitrogens is 1. The second-order valence-corrected chi connectivity index (χ2v) is 8.22. The first-order valence-corrected chi connectivity index (χ1v) is 10.6. The van der Waals surface area contributed by atoms with Crippen molar-refractivity contribution in [1.29, 1.82) is 0 Å². The summed E-state index contributed by atoms with van der Waals surface area (Å²) in [5.74, 6) is 0.608. The van der Waals surface area contributed by atoms with Crippen molar-refractivity contribution in [2.24, 2.45) is 0 Å². The lowest BCUT2D eigenvalue weighted by Gasteiger charge is -2.30. The molecule has 24 heavy (non-hydrogen) atoms. The molecule has 1 rings (SSSR count). The van der Waals surface area contributed by atoms with Crippen molar-refractivity contribution in [3.63, 3.8) is 0 Å². The van der Waals surface area contributed by atoms with Gasteiger partial charge in [0.15, 0.2) is 0 Å². The molecule has 0 aliphatic heterocycles. The summed E-state index contributed by atoms with van der Waals surface area (Å²) in [4.78, 5) is 0. The quantitative estimate of drug-likeness (QED) is 0.193. The summed E-state index contributed by atoms with van der Waals surface area (Å²) in [6, 6.07) is 8.78. The predicted molar refractivity (Wildman–Crippen MR) is 109 cm³/mol. The Balaban J connectivity index is 2.08. The van der Waals surface area contributed by atoms with E-state index in [0.717, 1.165) is 11.0 Å². The van der Waals surface area contributed by atoms with E-state index in [1.165, 1.54) is 81.9 Å². The molecule has 0 saturated carbocycles. The summed E-state index contributed by atoms with van der Waals surface area (Å²) in [5.41, 5.74) is 2.63. The molecule has 1 aromatic carbocycles. The molecular formula is C22H39ClN+. The van der Waals surface area contributed by atoms with Gasteiger partial charge in [-0.3, -0.25) is 0 Å². The molecule has 0 heterocycles. The van der Waals surface area contributed by atoms with Crippen LogP contribution in [0.3, 0.4) is 0 Å². The van der Waals surface area contributed by atoms with Crippen LogP contribution in [0.15, 0.2) is 24.3 Å². The fourth-order valence-electron chi connectivity index (χ4n) is 3.33. The molecule has 0 aliphatic rings. The van der Waals surface area contributed by atoms with Crippen LogP contribution in [0.1, 0.15) is 82.3 Å². The molecule has 0 radical (unpaired) electrons. The van der Waals surface area contributed by atoms with Crippen LogP contribution in [0.5, 0.6) is 0 Å². The standard InChI is InChI=1S/C22H39ClN/c1-4-5-6-7-8-9-10-11-12-13-18-24(2,3)20-22-16-14-21(19-23)15-17-22/h14-17H,4-13,18-20H2,1-3H3/q+1. The highest BCUT2D eigenvalue weighted by Gasteiger charge is 2.15. The van der Waals surface area contributed by atoms with Crippen molar-refractivity contribution < 1.29 is 4.48 Å². The van der Waals surface area contributed by atoms with Crippen LogP contribution in [0, 0.1) is 0 Å². The number of unbranched alkanes of at least 4 members (excludes halogenated alkanes) is 9. The van der Waals surface area contributed by atoms with Gasteiger partial charge < -0.3 is 4.48 Å². The first-order valence-electron chi connectivity index (χ1n) is 10.0. The Morgan fingerprint density at radius 2 is 1.17 bits per heavy atom. The number of benzene rings is 1. The minimum Gasteiger partial charge on any atom is -0.325 e. The van der Waals surface area contributed by atoms with Crippen LogP contribution in [-0.2, 0) is 12.4 Å². The summed E-state index contributed by atoms with van der Waals surface area (Å²) in [6.45, 7) is 4.67. The molecular weight excluding hydrogens is 314 g/mol. The second-order valence-electron chi connectivity index (χ2n) is 7.95. The maximum Gasteiger partial charge on any atom is 0.104 e. The predicted octanol–water partition coefficient (Wildman–Crippen LogP) is 6.92. The molecule has 0 amide bonds. The molecule has 1 aromatic rings. The number of halogens is 1. The molecule has 0 fully saturated rings. The van der Waals surface area contributed by atoms with Crippen molar-refractivity contribution in [1.82, 2.24) is 0 Å². The van der Waals surface area contributed by atoms with E-state index in [-0.39, 0.29) is 0 Å².